The molecule has 14 heteroatoms. The highest BCUT2D eigenvalue weighted by Crippen LogP contribution is 2.40. The van der Waals surface area contributed by atoms with Crippen LogP contribution >= 0.6 is 11.6 Å². The molecule has 36 heavy (non-hydrogen) atoms. The Balaban J connectivity index is 1.62. The van der Waals surface area contributed by atoms with E-state index in [-0.39, 0.29) is 52.5 Å². The minimum Gasteiger partial charge on any atom is -0.465 e. The lowest BCUT2D eigenvalue weighted by atomic mass is 9.78. The quantitative estimate of drug-likeness (QED) is 0.283. The maximum atomic E-state index is 11.7. The number of hydrogen-bond donors (Lipinski definition) is 6. The zero-order valence-corrected chi connectivity index (χ0v) is 19.5. The fraction of sp³-hybridized carbons (Fsp3) is 0.364. The number of nitrogens with one attached hydrogen (secondary N) is 4. The zero-order valence-electron chi connectivity index (χ0n) is 18.8. The number of hydrogen-bond acceptors (Lipinski definition) is 10. The van der Waals surface area contributed by atoms with Crippen molar-refractivity contribution in [1.29, 1.82) is 10.5 Å². The molecule has 13 nitrogen and oxygen atoms in total. The number of carboxylic acid groups (broad SMARTS) is 1. The Hall–Kier alpha value is -4.17. The number of carbonyl (C=O) groups is 1. The molecule has 2 atom stereocenters. The third kappa shape index (κ3) is 4.20. The van der Waals surface area contributed by atoms with Gasteiger partial charge in [0.25, 0.3) is 0 Å². The first-order valence-electron chi connectivity index (χ1n) is 11.2. The Morgan fingerprint density at radius 2 is 2.11 bits per heavy atom. The number of piperidine rings is 1. The number of halogens is 1. The second-order valence-electron chi connectivity index (χ2n) is 8.69. The Morgan fingerprint density at radius 1 is 1.31 bits per heavy atom. The van der Waals surface area contributed by atoms with E-state index in [9.17, 15) is 25.5 Å². The molecule has 3 aromatic rings. The van der Waals surface area contributed by atoms with E-state index in [1.165, 1.54) is 22.8 Å². The molecule has 3 heterocycles. The average molecular weight is 509 g/mol. The fourth-order valence-corrected chi connectivity index (χ4v) is 4.66. The lowest BCUT2D eigenvalue weighted by Gasteiger charge is -2.42. The monoisotopic (exact) mass is 508 g/mol. The van der Waals surface area contributed by atoms with Gasteiger partial charge in [-0.1, -0.05) is 11.6 Å². The van der Waals surface area contributed by atoms with Gasteiger partial charge in [-0.3, -0.25) is 0 Å². The third-order valence-corrected chi connectivity index (χ3v) is 6.66. The summed E-state index contributed by atoms with van der Waals surface area (Å²) in [4.78, 5) is 20.4. The minimum atomic E-state index is -1.45. The smallest absolute Gasteiger partial charge is 0.405 e. The van der Waals surface area contributed by atoms with Crippen LogP contribution < -0.4 is 21.3 Å². The first kappa shape index (κ1) is 23.6. The Bertz CT molecular complexity index is 1440. The van der Waals surface area contributed by atoms with Gasteiger partial charge in [-0.05, 0) is 37.9 Å². The lowest BCUT2D eigenvalue weighted by Crippen LogP contribution is -2.61. The first-order valence-corrected chi connectivity index (χ1v) is 11.6. The number of amides is 1. The van der Waals surface area contributed by atoms with Gasteiger partial charge in [0.05, 0.1) is 40.2 Å². The van der Waals surface area contributed by atoms with E-state index < -0.39 is 17.7 Å². The summed E-state index contributed by atoms with van der Waals surface area (Å²) in [6, 6.07) is 7.28. The molecule has 1 aromatic carbocycles. The molecule has 5 rings (SSSR count). The molecule has 0 radical (unpaired) electrons. The molecule has 2 aliphatic rings. The van der Waals surface area contributed by atoms with Crippen molar-refractivity contribution in [3.8, 4) is 12.1 Å². The van der Waals surface area contributed by atoms with E-state index >= 15 is 0 Å². The van der Waals surface area contributed by atoms with Crippen LogP contribution in [0.5, 0.6) is 0 Å². The SMILES string of the molecule is N#Cc1cc(Nc2nc(NC3CC3)c3ncc(C#N)n3n2)c(Cl)c([C@]2(NC(=O)O)CCNC[C@H]2O)c1. The molecule has 0 spiro atoms. The van der Waals surface area contributed by atoms with Crippen LogP contribution in [0.1, 0.15) is 36.1 Å². The largest absolute Gasteiger partial charge is 0.465 e. The molecule has 1 saturated heterocycles. The number of rotatable bonds is 6. The average Bonchev–Trinajstić information content (AvgIpc) is 3.57. The Morgan fingerprint density at radius 3 is 2.78 bits per heavy atom. The van der Waals surface area contributed by atoms with Crippen molar-refractivity contribution < 1.29 is 15.0 Å². The van der Waals surface area contributed by atoms with E-state index in [1.807, 2.05) is 6.07 Å². The van der Waals surface area contributed by atoms with Crippen molar-refractivity contribution in [1.82, 2.24) is 30.2 Å². The van der Waals surface area contributed by atoms with E-state index in [4.69, 9.17) is 11.6 Å². The molecule has 1 amide bonds. The molecule has 2 aromatic heterocycles. The number of nitriles is 2. The maximum Gasteiger partial charge on any atom is 0.405 e. The summed E-state index contributed by atoms with van der Waals surface area (Å²) in [5, 5.41) is 55.7. The van der Waals surface area contributed by atoms with E-state index in [0.29, 0.717) is 18.0 Å². The van der Waals surface area contributed by atoms with E-state index in [0.717, 1.165) is 12.8 Å². The summed E-state index contributed by atoms with van der Waals surface area (Å²) >= 11 is 6.77. The molecule has 6 N–H and O–H groups in total. The summed E-state index contributed by atoms with van der Waals surface area (Å²) in [5.74, 6) is 0.510. The minimum absolute atomic E-state index is 0.0780. The number of imidazole rings is 1. The summed E-state index contributed by atoms with van der Waals surface area (Å²) in [5.41, 5.74) is -0.178. The molecule has 2 fully saturated rings. The molecule has 0 unspecified atom stereocenters. The Kier molecular flexibility index (Phi) is 5.97. The highest BCUT2D eigenvalue weighted by atomic mass is 35.5. The van der Waals surface area contributed by atoms with Crippen molar-refractivity contribution >= 4 is 40.8 Å². The Labute approximate surface area is 209 Å². The second-order valence-corrected chi connectivity index (χ2v) is 9.06. The van der Waals surface area contributed by atoms with Gasteiger partial charge >= 0.3 is 6.09 Å². The number of aliphatic hydroxyl groups is 1. The van der Waals surface area contributed by atoms with E-state index in [2.05, 4.69) is 42.4 Å². The van der Waals surface area contributed by atoms with Gasteiger partial charge < -0.3 is 31.5 Å². The molecule has 184 valence electrons. The molecule has 0 bridgehead atoms. The van der Waals surface area contributed by atoms with Crippen molar-refractivity contribution in [3.63, 3.8) is 0 Å². The highest BCUT2D eigenvalue weighted by Gasteiger charge is 2.45. The van der Waals surface area contributed by atoms with Gasteiger partial charge in [0, 0.05) is 18.2 Å². The molecule has 1 aliphatic carbocycles. The number of benzene rings is 1. The number of fused-ring (bicyclic) bond motifs is 1. The zero-order chi connectivity index (χ0) is 25.4. The van der Waals surface area contributed by atoms with E-state index in [1.54, 1.807) is 0 Å². The summed E-state index contributed by atoms with van der Waals surface area (Å²) in [7, 11) is 0. The van der Waals surface area contributed by atoms with Crippen LogP contribution in [0.15, 0.2) is 18.3 Å². The summed E-state index contributed by atoms with van der Waals surface area (Å²) in [6.07, 6.45) is 1.09. The second kappa shape index (κ2) is 9.13. The van der Waals surface area contributed by atoms with Gasteiger partial charge in [-0.25, -0.2) is 9.78 Å². The normalized spacial score (nSPS) is 21.4. The first-order chi connectivity index (χ1) is 17.3. The van der Waals surface area contributed by atoms with Crippen LogP contribution in [-0.2, 0) is 5.54 Å². The van der Waals surface area contributed by atoms with Crippen molar-refractivity contribution in [2.75, 3.05) is 23.7 Å². The van der Waals surface area contributed by atoms with Crippen LogP contribution in [-0.4, -0.2) is 61.1 Å². The highest BCUT2D eigenvalue weighted by molar-refractivity contribution is 6.34. The number of β-amino-alcohol motifs (C(OH)–C–C–N with tert-alkyl or cyclic N) is 1. The van der Waals surface area contributed by atoms with Gasteiger partial charge in [0.15, 0.2) is 17.2 Å². The molecular formula is C22H21ClN10O3. The molecule has 1 saturated carbocycles. The molecule has 1 aliphatic heterocycles. The van der Waals surface area contributed by atoms with Crippen LogP contribution in [0.3, 0.4) is 0 Å². The maximum absolute atomic E-state index is 11.7. The topological polar surface area (TPSA) is 196 Å². The number of nitrogens with zero attached hydrogens (tertiary/aromatic N) is 6. The lowest BCUT2D eigenvalue weighted by molar-refractivity contribution is 0.0326. The van der Waals surface area contributed by atoms with Crippen LogP contribution in [0.2, 0.25) is 5.02 Å². The summed E-state index contributed by atoms with van der Waals surface area (Å²) < 4.78 is 1.35. The van der Waals surface area contributed by atoms with Crippen LogP contribution in [0, 0.1) is 22.7 Å². The summed E-state index contributed by atoms with van der Waals surface area (Å²) in [6.45, 7) is 0.546. The number of aliphatic hydroxyl groups excluding tert-OH is 1. The van der Waals surface area contributed by atoms with Gasteiger partial charge in [0.1, 0.15) is 6.07 Å². The van der Waals surface area contributed by atoms with Crippen molar-refractivity contribution in [2.45, 2.75) is 36.9 Å². The van der Waals surface area contributed by atoms with Crippen LogP contribution in [0.25, 0.3) is 5.65 Å². The predicted octanol–water partition coefficient (Wildman–Crippen LogP) is 1.66. The predicted molar refractivity (Wildman–Crippen MR) is 128 cm³/mol. The van der Waals surface area contributed by atoms with Gasteiger partial charge in [-0.2, -0.15) is 20.0 Å². The van der Waals surface area contributed by atoms with Gasteiger partial charge in [0.2, 0.25) is 5.95 Å². The van der Waals surface area contributed by atoms with Crippen molar-refractivity contribution in [3.05, 3.63) is 40.2 Å². The standard InChI is InChI=1S/C22H21ClN10O3/c23-17-14(22(31-21(35)36)3-4-26-10-16(22)34)5-11(7-24)6-15(17)29-20-30-18(28-12-1-2-12)19-27-9-13(8-25)33(19)32-20/h5-6,9,12,16,26,31,34H,1-4,10H2,(H,35,36)(H2,28,29,30,32)/t16-,22-/m1/s1. The molecular weight excluding hydrogens is 488 g/mol. The third-order valence-electron chi connectivity index (χ3n) is 6.26. The van der Waals surface area contributed by atoms with Gasteiger partial charge in [-0.15, -0.1) is 5.10 Å². The fourth-order valence-electron chi connectivity index (χ4n) is 4.34. The van der Waals surface area contributed by atoms with Crippen LogP contribution in [0.4, 0.5) is 22.2 Å². The number of aromatic nitrogens is 4. The van der Waals surface area contributed by atoms with Crippen molar-refractivity contribution in [2.24, 2.45) is 0 Å². The number of anilines is 3.